The number of ketones is 1. The van der Waals surface area contributed by atoms with E-state index in [1.54, 1.807) is 7.11 Å². The number of unbranched alkanes of at least 4 members (excludes halogenated alkanes) is 1. The molecule has 2 aliphatic rings. The third-order valence-corrected chi connectivity index (χ3v) is 8.94. The fourth-order valence-electron chi connectivity index (χ4n) is 5.62. The lowest BCUT2D eigenvalue weighted by atomic mass is 9.89. The van der Waals surface area contributed by atoms with E-state index in [9.17, 15) is 9.59 Å². The number of nitrogens with zero attached hydrogens (tertiary/aromatic N) is 3. The molecule has 0 radical (unpaired) electrons. The number of methoxy groups -OCH3 is 1. The van der Waals surface area contributed by atoms with Gasteiger partial charge in [-0.25, -0.2) is 0 Å². The molecule has 2 aromatic carbocycles. The van der Waals surface area contributed by atoms with E-state index < -0.39 is 0 Å². The number of hydrogen-bond donors (Lipinski definition) is 0. The Morgan fingerprint density at radius 1 is 0.947 bits per heavy atom. The maximum atomic E-state index is 12.9. The lowest BCUT2D eigenvalue weighted by Gasteiger charge is -2.31. The molecule has 38 heavy (non-hydrogen) atoms. The third kappa shape index (κ3) is 6.72. The highest BCUT2D eigenvalue weighted by molar-refractivity contribution is 7.16. The zero-order valence-electron chi connectivity index (χ0n) is 22.4. The van der Waals surface area contributed by atoms with E-state index in [-0.39, 0.29) is 16.6 Å². The summed E-state index contributed by atoms with van der Waals surface area (Å²) in [6.07, 6.45) is 5.13. The maximum Gasteiger partial charge on any atom is 0.308 e. The molecule has 0 bridgehead atoms. The van der Waals surface area contributed by atoms with E-state index in [0.717, 1.165) is 99.7 Å². The Hall–Kier alpha value is -2.52. The molecule has 0 N–H and O–H groups in total. The summed E-state index contributed by atoms with van der Waals surface area (Å²) >= 11 is 1.36. The van der Waals surface area contributed by atoms with Gasteiger partial charge in [0.25, 0.3) is 0 Å². The molecule has 0 atom stereocenters. The lowest BCUT2D eigenvalue weighted by Crippen LogP contribution is -2.38. The van der Waals surface area contributed by atoms with Gasteiger partial charge < -0.3 is 14.4 Å². The van der Waals surface area contributed by atoms with E-state index in [2.05, 4.69) is 28.0 Å². The highest BCUT2D eigenvalue weighted by atomic mass is 32.1. The number of likely N-dealkylation sites (tertiary alicyclic amines) is 1. The van der Waals surface area contributed by atoms with Crippen LogP contribution in [-0.4, -0.2) is 79.7 Å². The van der Waals surface area contributed by atoms with Gasteiger partial charge in [-0.05, 0) is 93.7 Å². The van der Waals surface area contributed by atoms with E-state index >= 15 is 0 Å². The minimum absolute atomic E-state index is 0.0663. The second-order valence-electron chi connectivity index (χ2n) is 10.4. The summed E-state index contributed by atoms with van der Waals surface area (Å²) in [6, 6.07) is 13.9. The van der Waals surface area contributed by atoms with Gasteiger partial charge in [0, 0.05) is 37.7 Å². The molecule has 3 aromatic rings. The number of rotatable bonds is 11. The largest absolute Gasteiger partial charge is 0.497 e. The van der Waals surface area contributed by atoms with E-state index in [1.807, 2.05) is 28.8 Å². The predicted octanol–water partition coefficient (Wildman–Crippen LogP) is 4.32. The van der Waals surface area contributed by atoms with Gasteiger partial charge >= 0.3 is 4.87 Å². The summed E-state index contributed by atoms with van der Waals surface area (Å²) in [5.74, 6) is 1.06. The van der Waals surface area contributed by atoms with Crippen LogP contribution in [0.15, 0.2) is 47.3 Å². The molecule has 7 nitrogen and oxygen atoms in total. The highest BCUT2D eigenvalue weighted by Crippen LogP contribution is 2.24. The number of ether oxygens (including phenoxy) is 2. The normalized spacial score (nSPS) is 17.7. The predicted molar refractivity (Wildman–Crippen MR) is 153 cm³/mol. The maximum absolute atomic E-state index is 12.9. The van der Waals surface area contributed by atoms with E-state index in [0.29, 0.717) is 6.54 Å². The summed E-state index contributed by atoms with van der Waals surface area (Å²) in [5, 5.41) is 0. The van der Waals surface area contributed by atoms with Crippen molar-refractivity contribution in [3.05, 3.63) is 63.3 Å². The average molecular weight is 538 g/mol. The highest BCUT2D eigenvalue weighted by Gasteiger charge is 2.26. The Morgan fingerprint density at radius 2 is 1.68 bits per heavy atom. The number of thiazole rings is 1. The Kier molecular flexibility index (Phi) is 9.27. The smallest absolute Gasteiger partial charge is 0.308 e. The van der Waals surface area contributed by atoms with Crippen LogP contribution in [0.3, 0.4) is 0 Å². The number of Topliss-reactive ketones (excluding diaryl/α,β-unsaturated/α-hetero) is 1. The number of hydrogen-bond acceptors (Lipinski definition) is 7. The second-order valence-corrected chi connectivity index (χ2v) is 11.4. The van der Waals surface area contributed by atoms with Crippen LogP contribution in [0, 0.1) is 5.92 Å². The van der Waals surface area contributed by atoms with Gasteiger partial charge in [-0.2, -0.15) is 0 Å². The molecule has 8 heteroatoms. The number of aryl methyl sites for hydroxylation is 1. The summed E-state index contributed by atoms with van der Waals surface area (Å²) in [6.45, 7) is 8.25. The first-order valence-electron chi connectivity index (χ1n) is 13.9. The van der Waals surface area contributed by atoms with Crippen LogP contribution in [0.4, 0.5) is 0 Å². The minimum Gasteiger partial charge on any atom is -0.497 e. The molecule has 0 aliphatic carbocycles. The van der Waals surface area contributed by atoms with Crippen molar-refractivity contribution < 1.29 is 14.3 Å². The van der Waals surface area contributed by atoms with Crippen LogP contribution in [-0.2, 0) is 17.7 Å². The van der Waals surface area contributed by atoms with Crippen LogP contribution in [0.2, 0.25) is 0 Å². The van der Waals surface area contributed by atoms with Crippen LogP contribution in [0.1, 0.15) is 41.6 Å². The van der Waals surface area contributed by atoms with Crippen molar-refractivity contribution in [2.75, 3.05) is 59.6 Å². The van der Waals surface area contributed by atoms with Crippen molar-refractivity contribution in [3.8, 4) is 5.75 Å². The molecule has 1 aromatic heterocycles. The number of piperidine rings is 1. The van der Waals surface area contributed by atoms with Gasteiger partial charge in [0.05, 0.1) is 30.5 Å². The fourth-order valence-corrected chi connectivity index (χ4v) is 6.60. The summed E-state index contributed by atoms with van der Waals surface area (Å²) < 4.78 is 13.6. The molecular weight excluding hydrogens is 498 g/mol. The second kappa shape index (κ2) is 13.0. The number of carbonyl (C=O) groups excluding carboxylic acids is 1. The molecule has 3 heterocycles. The van der Waals surface area contributed by atoms with Crippen molar-refractivity contribution in [2.45, 2.75) is 38.6 Å². The van der Waals surface area contributed by atoms with Crippen LogP contribution in [0.25, 0.3) is 10.2 Å². The first kappa shape index (κ1) is 27.1. The number of carbonyl (C=O) groups is 1. The SMILES string of the molecule is COc1ccc(C(=O)C2CCN(CCn3c(=O)sc4cc(CCCCN5CCOCC5)ccc43)CC2)cc1. The molecular formula is C30H39N3O4S. The van der Waals surface area contributed by atoms with Crippen molar-refractivity contribution in [2.24, 2.45) is 5.92 Å². The van der Waals surface area contributed by atoms with Gasteiger partial charge in [0.15, 0.2) is 5.78 Å². The van der Waals surface area contributed by atoms with Gasteiger partial charge in [-0.15, -0.1) is 0 Å². The fraction of sp³-hybridized carbons (Fsp3) is 0.533. The van der Waals surface area contributed by atoms with Crippen molar-refractivity contribution in [3.63, 3.8) is 0 Å². The number of aromatic nitrogens is 1. The van der Waals surface area contributed by atoms with Crippen LogP contribution >= 0.6 is 11.3 Å². The molecule has 0 spiro atoms. The molecule has 204 valence electrons. The third-order valence-electron chi connectivity index (χ3n) is 8.00. The number of morpholine rings is 1. The van der Waals surface area contributed by atoms with Gasteiger partial charge in [0.1, 0.15) is 5.75 Å². The zero-order valence-corrected chi connectivity index (χ0v) is 23.2. The van der Waals surface area contributed by atoms with Crippen molar-refractivity contribution >= 4 is 27.3 Å². The molecule has 2 saturated heterocycles. The Labute approximate surface area is 229 Å². The molecule has 2 fully saturated rings. The summed E-state index contributed by atoms with van der Waals surface area (Å²) in [7, 11) is 1.63. The molecule has 5 rings (SSSR count). The molecule has 0 amide bonds. The first-order chi connectivity index (χ1) is 18.6. The van der Waals surface area contributed by atoms with Crippen molar-refractivity contribution in [1.82, 2.24) is 14.4 Å². The van der Waals surface area contributed by atoms with E-state index in [4.69, 9.17) is 9.47 Å². The summed E-state index contributed by atoms with van der Waals surface area (Å²) in [4.78, 5) is 30.7. The van der Waals surface area contributed by atoms with Crippen molar-refractivity contribution in [1.29, 1.82) is 0 Å². The first-order valence-corrected chi connectivity index (χ1v) is 14.8. The Balaban J connectivity index is 1.09. The van der Waals surface area contributed by atoms with Crippen LogP contribution < -0.4 is 9.61 Å². The zero-order chi connectivity index (χ0) is 26.3. The topological polar surface area (TPSA) is 64.0 Å². The quantitative estimate of drug-likeness (QED) is 0.268. The van der Waals surface area contributed by atoms with Gasteiger partial charge in [0.2, 0.25) is 0 Å². The number of fused-ring (bicyclic) bond motifs is 1. The van der Waals surface area contributed by atoms with Gasteiger partial charge in [-0.1, -0.05) is 17.4 Å². The minimum atomic E-state index is 0.0663. The van der Waals surface area contributed by atoms with Gasteiger partial charge in [-0.3, -0.25) is 19.1 Å². The molecule has 2 aliphatic heterocycles. The Bertz CT molecular complexity index is 1250. The Morgan fingerprint density at radius 3 is 2.42 bits per heavy atom. The average Bonchev–Trinajstić information content (AvgIpc) is 3.28. The number of benzene rings is 2. The van der Waals surface area contributed by atoms with Crippen LogP contribution in [0.5, 0.6) is 5.75 Å². The molecule has 0 unspecified atom stereocenters. The summed E-state index contributed by atoms with van der Waals surface area (Å²) in [5.41, 5.74) is 3.12. The monoisotopic (exact) mass is 537 g/mol. The van der Waals surface area contributed by atoms with E-state index in [1.165, 1.54) is 23.3 Å². The molecule has 0 saturated carbocycles. The standard InChI is InChI=1S/C30H39N3O4S/c1-36-26-8-6-24(7-9-26)29(34)25-11-14-32(15-12-25)16-17-33-27-10-5-23(22-28(27)38-30(33)35)4-2-3-13-31-18-20-37-21-19-31/h5-10,22,25H,2-4,11-21H2,1H3. The lowest BCUT2D eigenvalue weighted by molar-refractivity contribution is 0.0372.